The van der Waals surface area contributed by atoms with Crippen molar-refractivity contribution in [1.82, 2.24) is 4.68 Å². The third-order valence-corrected chi connectivity index (χ3v) is 4.50. The van der Waals surface area contributed by atoms with Crippen LogP contribution in [0, 0.1) is 10.1 Å². The Kier molecular flexibility index (Phi) is 6.11. The molecule has 1 amide bonds. The van der Waals surface area contributed by atoms with Crippen LogP contribution in [0.3, 0.4) is 0 Å². The van der Waals surface area contributed by atoms with E-state index in [0.717, 1.165) is 5.56 Å². The summed E-state index contributed by atoms with van der Waals surface area (Å²) in [4.78, 5) is 34.5. The summed E-state index contributed by atoms with van der Waals surface area (Å²) in [6.07, 6.45) is 0.0378. The number of nitrogens with zero attached hydrogens (tertiary/aromatic N) is 2. The number of rotatable bonds is 8. The third kappa shape index (κ3) is 4.46. The Morgan fingerprint density at radius 1 is 1.10 bits per heavy atom. The standard InChI is InChI=1S/C21H19N3O6/c1-30-16-10-6-14(7-11-16)18-12-8-15(9-13-20(25)26)23(18)22-21(27)17-4-2-3-5-19(17)24(28)29/h2-8,10-12H,9,13H2,1H3,(H,22,27)(H,25,26). The number of carboxylic acid groups (broad SMARTS) is 1. The average Bonchev–Trinajstić information content (AvgIpc) is 3.14. The molecule has 30 heavy (non-hydrogen) atoms. The van der Waals surface area contributed by atoms with Gasteiger partial charge >= 0.3 is 5.97 Å². The summed E-state index contributed by atoms with van der Waals surface area (Å²) in [6.45, 7) is 0. The maximum absolute atomic E-state index is 12.8. The minimum Gasteiger partial charge on any atom is -0.497 e. The fourth-order valence-corrected chi connectivity index (χ4v) is 3.01. The first-order valence-corrected chi connectivity index (χ1v) is 9.02. The van der Waals surface area contributed by atoms with Crippen molar-refractivity contribution in [1.29, 1.82) is 0 Å². The number of aryl methyl sites for hydroxylation is 1. The SMILES string of the molecule is COc1ccc(-c2ccc(CCC(=O)O)n2NC(=O)c2ccccc2[N+](=O)[O-])cc1. The highest BCUT2D eigenvalue weighted by Gasteiger charge is 2.21. The van der Waals surface area contributed by atoms with Crippen LogP contribution in [-0.4, -0.2) is 33.7 Å². The molecule has 0 fully saturated rings. The highest BCUT2D eigenvalue weighted by molar-refractivity contribution is 6.03. The molecule has 1 aromatic heterocycles. The molecule has 0 saturated carbocycles. The fourth-order valence-electron chi connectivity index (χ4n) is 3.01. The number of benzene rings is 2. The Morgan fingerprint density at radius 2 is 1.80 bits per heavy atom. The Bertz CT molecular complexity index is 1090. The van der Waals surface area contributed by atoms with Crippen LogP contribution < -0.4 is 10.2 Å². The fraction of sp³-hybridized carbons (Fsp3) is 0.143. The quantitative estimate of drug-likeness (QED) is 0.434. The maximum Gasteiger partial charge on any atom is 0.303 e. The molecule has 0 aliphatic rings. The van der Waals surface area contributed by atoms with Gasteiger partial charge in [0.2, 0.25) is 0 Å². The van der Waals surface area contributed by atoms with E-state index >= 15 is 0 Å². The number of nitro benzene ring substituents is 1. The molecule has 154 valence electrons. The predicted molar refractivity (Wildman–Crippen MR) is 109 cm³/mol. The van der Waals surface area contributed by atoms with E-state index in [9.17, 15) is 19.7 Å². The van der Waals surface area contributed by atoms with Gasteiger partial charge in [0.1, 0.15) is 11.3 Å². The van der Waals surface area contributed by atoms with Crippen LogP contribution in [-0.2, 0) is 11.2 Å². The molecule has 3 aromatic rings. The van der Waals surface area contributed by atoms with E-state index in [-0.39, 0.29) is 24.1 Å². The molecule has 9 nitrogen and oxygen atoms in total. The van der Waals surface area contributed by atoms with E-state index in [1.165, 1.54) is 28.9 Å². The number of ether oxygens (including phenoxy) is 1. The van der Waals surface area contributed by atoms with Gasteiger partial charge in [-0.25, -0.2) is 0 Å². The number of methoxy groups -OCH3 is 1. The summed E-state index contributed by atoms with van der Waals surface area (Å²) in [5.41, 5.74) is 4.16. The van der Waals surface area contributed by atoms with Crippen LogP contribution in [0.5, 0.6) is 5.75 Å². The summed E-state index contributed by atoms with van der Waals surface area (Å²) in [5, 5.41) is 20.3. The number of aliphatic carboxylic acids is 1. The predicted octanol–water partition coefficient (Wildman–Crippen LogP) is 3.47. The Morgan fingerprint density at radius 3 is 2.43 bits per heavy atom. The topological polar surface area (TPSA) is 124 Å². The molecule has 9 heteroatoms. The van der Waals surface area contributed by atoms with E-state index in [1.54, 1.807) is 43.5 Å². The average molecular weight is 409 g/mol. The summed E-state index contributed by atoms with van der Waals surface area (Å²) in [6, 6.07) is 16.2. The van der Waals surface area contributed by atoms with Crippen molar-refractivity contribution in [3.8, 4) is 17.0 Å². The van der Waals surface area contributed by atoms with E-state index in [0.29, 0.717) is 17.1 Å². The van der Waals surface area contributed by atoms with Crippen molar-refractivity contribution in [2.45, 2.75) is 12.8 Å². The minimum atomic E-state index is -0.973. The monoisotopic (exact) mass is 409 g/mol. The minimum absolute atomic E-state index is 0.0962. The first-order valence-electron chi connectivity index (χ1n) is 9.02. The molecule has 0 aliphatic heterocycles. The van der Waals surface area contributed by atoms with Gasteiger partial charge in [0.05, 0.1) is 24.1 Å². The highest BCUT2D eigenvalue weighted by atomic mass is 16.6. The molecule has 0 aliphatic carbocycles. The van der Waals surface area contributed by atoms with Crippen molar-refractivity contribution >= 4 is 17.6 Å². The van der Waals surface area contributed by atoms with Gasteiger partial charge in [-0.1, -0.05) is 12.1 Å². The number of amides is 1. The number of nitro groups is 1. The number of nitrogens with one attached hydrogen (secondary N) is 1. The molecule has 0 atom stereocenters. The third-order valence-electron chi connectivity index (χ3n) is 4.50. The molecule has 0 unspecified atom stereocenters. The molecule has 1 heterocycles. The zero-order valence-corrected chi connectivity index (χ0v) is 16.1. The van der Waals surface area contributed by atoms with E-state index in [1.807, 2.05) is 0 Å². The molecule has 0 saturated heterocycles. The molecular formula is C21H19N3O6. The number of carbonyl (C=O) groups is 2. The van der Waals surface area contributed by atoms with Crippen LogP contribution in [0.1, 0.15) is 22.5 Å². The van der Waals surface area contributed by atoms with Gasteiger partial charge < -0.3 is 9.84 Å². The zero-order valence-electron chi connectivity index (χ0n) is 16.1. The summed E-state index contributed by atoms with van der Waals surface area (Å²) >= 11 is 0. The lowest BCUT2D eigenvalue weighted by Crippen LogP contribution is -2.26. The summed E-state index contributed by atoms with van der Waals surface area (Å²) < 4.78 is 6.62. The second-order valence-corrected chi connectivity index (χ2v) is 6.38. The van der Waals surface area contributed by atoms with Crippen LogP contribution in [0.15, 0.2) is 60.7 Å². The van der Waals surface area contributed by atoms with Crippen LogP contribution in [0.4, 0.5) is 5.69 Å². The zero-order chi connectivity index (χ0) is 21.7. The van der Waals surface area contributed by atoms with Gasteiger partial charge in [0.15, 0.2) is 0 Å². The lowest BCUT2D eigenvalue weighted by Gasteiger charge is -2.15. The van der Waals surface area contributed by atoms with E-state index < -0.39 is 16.8 Å². The lowest BCUT2D eigenvalue weighted by atomic mass is 10.1. The van der Waals surface area contributed by atoms with Crippen LogP contribution >= 0.6 is 0 Å². The number of para-hydroxylation sites is 1. The second-order valence-electron chi connectivity index (χ2n) is 6.38. The first-order chi connectivity index (χ1) is 14.4. The van der Waals surface area contributed by atoms with Crippen LogP contribution in [0.2, 0.25) is 0 Å². The Labute approximate surface area is 171 Å². The number of carbonyl (C=O) groups excluding carboxylic acids is 1. The molecule has 0 spiro atoms. The van der Waals surface area contributed by atoms with Crippen molar-refractivity contribution in [2.24, 2.45) is 0 Å². The lowest BCUT2D eigenvalue weighted by molar-refractivity contribution is -0.385. The highest BCUT2D eigenvalue weighted by Crippen LogP contribution is 2.26. The maximum atomic E-state index is 12.8. The first kappa shape index (κ1) is 20.6. The van der Waals surface area contributed by atoms with E-state index in [4.69, 9.17) is 9.84 Å². The van der Waals surface area contributed by atoms with Crippen molar-refractivity contribution in [3.63, 3.8) is 0 Å². The van der Waals surface area contributed by atoms with Gasteiger partial charge in [-0.2, -0.15) is 0 Å². The largest absolute Gasteiger partial charge is 0.497 e. The molecular weight excluding hydrogens is 390 g/mol. The Hall–Kier alpha value is -4.14. The molecule has 2 aromatic carbocycles. The van der Waals surface area contributed by atoms with Crippen molar-refractivity contribution in [2.75, 3.05) is 12.5 Å². The van der Waals surface area contributed by atoms with Crippen LogP contribution in [0.25, 0.3) is 11.3 Å². The molecule has 0 bridgehead atoms. The number of hydrogen-bond acceptors (Lipinski definition) is 5. The second kappa shape index (κ2) is 8.91. The normalized spacial score (nSPS) is 10.4. The van der Waals surface area contributed by atoms with Gasteiger partial charge in [-0.3, -0.25) is 29.8 Å². The Balaban J connectivity index is 2.00. The number of hydrogen-bond donors (Lipinski definition) is 2. The number of aromatic nitrogens is 1. The van der Waals surface area contributed by atoms with Crippen molar-refractivity contribution in [3.05, 3.63) is 82.0 Å². The summed E-state index contributed by atoms with van der Waals surface area (Å²) in [7, 11) is 1.55. The van der Waals surface area contributed by atoms with Gasteiger partial charge in [-0.05, 0) is 42.5 Å². The number of carboxylic acids is 1. The van der Waals surface area contributed by atoms with Crippen molar-refractivity contribution < 1.29 is 24.4 Å². The molecule has 3 rings (SSSR count). The van der Waals surface area contributed by atoms with Gasteiger partial charge in [-0.15, -0.1) is 0 Å². The summed E-state index contributed by atoms with van der Waals surface area (Å²) in [5.74, 6) is -0.990. The van der Waals surface area contributed by atoms with Gasteiger partial charge in [0, 0.05) is 23.7 Å². The molecule has 0 radical (unpaired) electrons. The smallest absolute Gasteiger partial charge is 0.303 e. The van der Waals surface area contributed by atoms with E-state index in [2.05, 4.69) is 5.43 Å². The van der Waals surface area contributed by atoms with Gasteiger partial charge in [0.25, 0.3) is 11.6 Å². The molecule has 2 N–H and O–H groups in total.